The Hall–Kier alpha value is -9.25. The highest BCUT2D eigenvalue weighted by molar-refractivity contribution is 6.16. The van der Waals surface area contributed by atoms with Gasteiger partial charge in [-0.3, -0.25) is 4.99 Å². The van der Waals surface area contributed by atoms with Gasteiger partial charge in [0.15, 0.2) is 0 Å². The number of aliphatic imine (C=N–C) groups is 1. The molecular weight excluding hydrogens is 863 g/mol. The number of para-hydroxylation sites is 5. The second-order valence-electron chi connectivity index (χ2n) is 18.5. The molecule has 0 bridgehead atoms. The molecule has 4 nitrogen and oxygen atoms in total. The van der Waals surface area contributed by atoms with Crippen molar-refractivity contribution in [1.29, 1.82) is 0 Å². The maximum absolute atomic E-state index is 7.19. The molecule has 71 heavy (non-hydrogen) atoms. The third-order valence-electron chi connectivity index (χ3n) is 14.4. The molecule has 4 heterocycles. The van der Waals surface area contributed by atoms with Crippen molar-refractivity contribution in [3.8, 4) is 33.6 Å². The minimum Gasteiger partial charge on any atom is -0.455 e. The average Bonchev–Trinajstić information content (AvgIpc) is 4.09. The fourth-order valence-electron chi connectivity index (χ4n) is 11.1. The Morgan fingerprint density at radius 3 is 1.44 bits per heavy atom. The van der Waals surface area contributed by atoms with E-state index in [1.165, 1.54) is 49.3 Å². The molecule has 0 N–H and O–H groups in total. The number of hydrogen-bond acceptors (Lipinski definition) is 2. The van der Waals surface area contributed by atoms with Crippen LogP contribution in [0.15, 0.2) is 258 Å². The minimum atomic E-state index is 0.831. The van der Waals surface area contributed by atoms with Crippen LogP contribution in [0, 0.1) is 0 Å². The summed E-state index contributed by atoms with van der Waals surface area (Å²) in [5, 5.41) is 7.00. The van der Waals surface area contributed by atoms with Crippen molar-refractivity contribution in [2.75, 3.05) is 0 Å². The molecule has 3 aromatic heterocycles. The highest BCUT2D eigenvalue weighted by atomic mass is 16.3. The second-order valence-corrected chi connectivity index (χ2v) is 18.5. The molecule has 0 unspecified atom stereocenters. The van der Waals surface area contributed by atoms with Crippen molar-refractivity contribution in [2.45, 2.75) is 12.8 Å². The van der Waals surface area contributed by atoms with Gasteiger partial charge < -0.3 is 13.6 Å². The number of fused-ring (bicyclic) bond motifs is 9. The first-order valence-electron chi connectivity index (χ1n) is 24.5. The lowest BCUT2D eigenvalue weighted by molar-refractivity contribution is 0.668. The normalized spacial score (nSPS) is 13.2. The molecular formula is C67H45N3O. The number of rotatable bonds is 7. The van der Waals surface area contributed by atoms with Crippen LogP contribution in [0.4, 0.5) is 0 Å². The first-order valence-corrected chi connectivity index (χ1v) is 24.5. The molecule has 0 atom stereocenters. The largest absolute Gasteiger partial charge is 0.455 e. The van der Waals surface area contributed by atoms with Crippen LogP contribution in [-0.4, -0.2) is 14.8 Å². The number of allylic oxidation sites excluding steroid dienone is 3. The lowest BCUT2D eigenvalue weighted by Crippen LogP contribution is -2.03. The summed E-state index contributed by atoms with van der Waals surface area (Å²) in [4.78, 5) is 5.49. The van der Waals surface area contributed by atoms with E-state index in [0.717, 1.165) is 96.4 Å². The molecule has 0 saturated heterocycles. The number of furan rings is 1. The van der Waals surface area contributed by atoms with Crippen LogP contribution in [0.1, 0.15) is 29.5 Å². The van der Waals surface area contributed by atoms with Gasteiger partial charge in [-0.2, -0.15) is 0 Å². The summed E-state index contributed by atoms with van der Waals surface area (Å²) in [5.41, 5.74) is 19.6. The van der Waals surface area contributed by atoms with Crippen LogP contribution in [-0.2, 0) is 0 Å². The van der Waals surface area contributed by atoms with Crippen molar-refractivity contribution in [1.82, 2.24) is 9.13 Å². The van der Waals surface area contributed by atoms with E-state index in [4.69, 9.17) is 9.41 Å². The SMILES string of the molecule is C1=C(c2ccccc2)C=C(c2cccc3c2oc2c(-c4ccc5c(c4)c4cc(-c6ccc7c(c6)c6ccccc6n7-c6ccccc6)ccc4n5-c4ccccc4)cccc23)N=C(c2ccccc2)CC1. The van der Waals surface area contributed by atoms with Crippen molar-refractivity contribution in [3.05, 3.63) is 265 Å². The fraction of sp³-hybridized carbons (Fsp3) is 0.0299. The van der Waals surface area contributed by atoms with Crippen LogP contribution in [0.2, 0.25) is 0 Å². The molecule has 13 aromatic rings. The van der Waals surface area contributed by atoms with Gasteiger partial charge in [0.2, 0.25) is 0 Å². The summed E-state index contributed by atoms with van der Waals surface area (Å²) in [6.45, 7) is 0. The van der Waals surface area contributed by atoms with Gasteiger partial charge in [0.1, 0.15) is 11.2 Å². The summed E-state index contributed by atoms with van der Waals surface area (Å²) >= 11 is 0. The second kappa shape index (κ2) is 16.8. The molecule has 1 aliphatic rings. The van der Waals surface area contributed by atoms with Gasteiger partial charge in [-0.25, -0.2) is 0 Å². The van der Waals surface area contributed by atoms with Gasteiger partial charge >= 0.3 is 0 Å². The molecule has 0 amide bonds. The van der Waals surface area contributed by atoms with Gasteiger partial charge in [0, 0.05) is 60.5 Å². The van der Waals surface area contributed by atoms with E-state index in [1.807, 2.05) is 0 Å². The van der Waals surface area contributed by atoms with E-state index in [-0.39, 0.29) is 0 Å². The third-order valence-corrected chi connectivity index (χ3v) is 14.4. The Kier molecular flexibility index (Phi) is 9.63. The van der Waals surface area contributed by atoms with Crippen LogP contribution < -0.4 is 0 Å². The number of benzene rings is 10. The Labute approximate surface area is 411 Å². The van der Waals surface area contributed by atoms with Gasteiger partial charge in [0.25, 0.3) is 0 Å². The van der Waals surface area contributed by atoms with Gasteiger partial charge in [-0.05, 0) is 125 Å². The summed E-state index contributed by atoms with van der Waals surface area (Å²) in [7, 11) is 0. The summed E-state index contributed by atoms with van der Waals surface area (Å²) in [6.07, 6.45) is 6.32. The topological polar surface area (TPSA) is 35.4 Å². The van der Waals surface area contributed by atoms with Gasteiger partial charge in [-0.1, -0.05) is 170 Å². The summed E-state index contributed by atoms with van der Waals surface area (Å²) in [6, 6.07) is 85.2. The van der Waals surface area contributed by atoms with E-state index >= 15 is 0 Å². The van der Waals surface area contributed by atoms with E-state index in [9.17, 15) is 0 Å². The first-order chi connectivity index (χ1) is 35.2. The van der Waals surface area contributed by atoms with Crippen LogP contribution >= 0.6 is 0 Å². The van der Waals surface area contributed by atoms with Gasteiger partial charge in [-0.15, -0.1) is 0 Å². The maximum Gasteiger partial charge on any atom is 0.144 e. The quantitative estimate of drug-likeness (QED) is 0.157. The molecule has 10 aromatic carbocycles. The van der Waals surface area contributed by atoms with E-state index in [1.54, 1.807) is 0 Å². The van der Waals surface area contributed by atoms with Crippen LogP contribution in [0.25, 0.3) is 110 Å². The number of hydrogen-bond donors (Lipinski definition) is 0. The summed E-state index contributed by atoms with van der Waals surface area (Å²) in [5.74, 6) is 0. The zero-order valence-corrected chi connectivity index (χ0v) is 38.8. The third kappa shape index (κ3) is 6.87. The van der Waals surface area contributed by atoms with Crippen molar-refractivity contribution in [2.24, 2.45) is 4.99 Å². The predicted octanol–water partition coefficient (Wildman–Crippen LogP) is 17.8. The van der Waals surface area contributed by atoms with E-state index in [2.05, 4.69) is 258 Å². The molecule has 0 spiro atoms. The monoisotopic (exact) mass is 907 g/mol. The lowest BCUT2D eigenvalue weighted by Gasteiger charge is -2.14. The van der Waals surface area contributed by atoms with E-state index < -0.39 is 0 Å². The number of aromatic nitrogens is 2. The maximum atomic E-state index is 7.19. The zero-order valence-electron chi connectivity index (χ0n) is 38.8. The van der Waals surface area contributed by atoms with Crippen LogP contribution in [0.5, 0.6) is 0 Å². The zero-order chi connectivity index (χ0) is 46.8. The fourth-order valence-corrected chi connectivity index (χ4v) is 11.1. The molecule has 334 valence electrons. The Morgan fingerprint density at radius 1 is 0.352 bits per heavy atom. The standard InChI is InChI=1S/C67H45N3O/c1-5-18-44(19-6-1)46-22-15-32-60(45-20-7-2-8-21-45)68-61(43-46)56-31-17-30-55-54-29-16-28-52(66(54)71-67(55)56)49-36-39-65-59(42-49)58-41-48(35-38-64(58)70(65)51-25-11-4-12-26-51)47-34-37-63-57(40-47)53-27-13-14-33-62(53)69(63)50-23-9-3-10-24-50/h1-14,16-31,33-43H,15,32H2. The van der Waals surface area contributed by atoms with Gasteiger partial charge in [0.05, 0.1) is 27.8 Å². The molecule has 0 aliphatic carbocycles. The molecule has 14 rings (SSSR count). The molecule has 0 saturated carbocycles. The van der Waals surface area contributed by atoms with Crippen LogP contribution in [0.3, 0.4) is 0 Å². The summed E-state index contributed by atoms with van der Waals surface area (Å²) < 4.78 is 12.0. The minimum absolute atomic E-state index is 0.831. The Bertz CT molecular complexity index is 4300. The van der Waals surface area contributed by atoms with Crippen molar-refractivity contribution >= 4 is 82.5 Å². The smallest absolute Gasteiger partial charge is 0.144 e. The highest BCUT2D eigenvalue weighted by Crippen LogP contribution is 2.43. The lowest BCUT2D eigenvalue weighted by atomic mass is 9.96. The Morgan fingerprint density at radius 2 is 0.817 bits per heavy atom. The average molecular weight is 908 g/mol. The van der Waals surface area contributed by atoms with Crippen molar-refractivity contribution in [3.63, 3.8) is 0 Å². The molecule has 0 radical (unpaired) electrons. The van der Waals surface area contributed by atoms with E-state index in [0.29, 0.717) is 0 Å². The molecule has 0 fully saturated rings. The Balaban J connectivity index is 0.937. The molecule has 4 heteroatoms. The van der Waals surface area contributed by atoms with Crippen molar-refractivity contribution < 1.29 is 4.42 Å². The predicted molar refractivity (Wildman–Crippen MR) is 298 cm³/mol. The molecule has 1 aliphatic heterocycles. The first kappa shape index (κ1) is 40.8. The number of nitrogens with zero attached hydrogens (tertiary/aromatic N) is 3. The highest BCUT2D eigenvalue weighted by Gasteiger charge is 2.21.